The smallest absolute Gasteiger partial charge is 0.319 e. The second kappa shape index (κ2) is 7.22. The van der Waals surface area contributed by atoms with Gasteiger partial charge in [0.05, 0.1) is 29.6 Å². The second-order valence-electron chi connectivity index (χ2n) is 5.74. The molecule has 0 aliphatic rings. The number of amides is 1. The Kier molecular flexibility index (Phi) is 4.98. The Hall–Kier alpha value is -3.17. The molecule has 3 aromatic rings. The van der Waals surface area contributed by atoms with E-state index in [4.69, 9.17) is 0 Å². The topological polar surface area (TPSA) is 64.7 Å². The van der Waals surface area contributed by atoms with Crippen LogP contribution in [0.5, 0.6) is 0 Å². The number of carbonyl (C=O) groups is 1. The van der Waals surface area contributed by atoms with Crippen molar-refractivity contribution in [2.45, 2.75) is 12.7 Å². The third-order valence-corrected chi connectivity index (χ3v) is 3.77. The maximum absolute atomic E-state index is 13.1. The fraction of sp³-hybridized carbons (Fsp3) is 0.235. The number of nitrogens with zero attached hydrogens (tertiary/aromatic N) is 4. The first-order chi connectivity index (χ1) is 12.8. The molecular formula is C17H15F4N5O. The van der Waals surface area contributed by atoms with E-state index in [1.54, 1.807) is 13.2 Å². The first kappa shape index (κ1) is 18.6. The highest BCUT2D eigenvalue weighted by Crippen LogP contribution is 2.33. The van der Waals surface area contributed by atoms with Gasteiger partial charge in [-0.15, -0.1) is 0 Å². The first-order valence-electron chi connectivity index (χ1n) is 7.89. The Balaban J connectivity index is 1.92. The van der Waals surface area contributed by atoms with Gasteiger partial charge < -0.3 is 5.32 Å². The monoisotopic (exact) mass is 381 g/mol. The molecule has 0 unspecified atom stereocenters. The number of alkyl halides is 4. The predicted octanol–water partition coefficient (Wildman–Crippen LogP) is 3.52. The third kappa shape index (κ3) is 3.99. The zero-order valence-corrected chi connectivity index (χ0v) is 14.2. The van der Waals surface area contributed by atoms with E-state index in [1.165, 1.54) is 33.9 Å². The lowest BCUT2D eigenvalue weighted by Crippen LogP contribution is -2.18. The third-order valence-electron chi connectivity index (χ3n) is 3.77. The maximum Gasteiger partial charge on any atom is 0.417 e. The van der Waals surface area contributed by atoms with E-state index in [2.05, 4.69) is 15.5 Å². The van der Waals surface area contributed by atoms with E-state index < -0.39 is 29.9 Å². The zero-order chi connectivity index (χ0) is 19.6. The molecule has 0 spiro atoms. The van der Waals surface area contributed by atoms with E-state index in [-0.39, 0.29) is 12.2 Å². The number of benzene rings is 1. The van der Waals surface area contributed by atoms with E-state index in [0.29, 0.717) is 11.3 Å². The van der Waals surface area contributed by atoms with Crippen LogP contribution in [-0.4, -0.2) is 32.1 Å². The Bertz CT molecular complexity index is 960. The van der Waals surface area contributed by atoms with Crippen LogP contribution >= 0.6 is 0 Å². The molecular weight excluding hydrogens is 366 g/mol. The average molecular weight is 381 g/mol. The molecule has 0 fully saturated rings. The Morgan fingerprint density at radius 3 is 2.67 bits per heavy atom. The summed E-state index contributed by atoms with van der Waals surface area (Å²) in [6.45, 7) is -0.533. The van der Waals surface area contributed by atoms with Crippen LogP contribution in [-0.2, 0) is 19.8 Å². The quantitative estimate of drug-likeness (QED) is 0.688. The highest BCUT2D eigenvalue weighted by molar-refractivity contribution is 6.06. The van der Waals surface area contributed by atoms with Crippen molar-refractivity contribution in [3.05, 3.63) is 54.0 Å². The molecule has 0 saturated carbocycles. The largest absolute Gasteiger partial charge is 0.417 e. The van der Waals surface area contributed by atoms with Crippen LogP contribution in [0.4, 0.5) is 23.2 Å². The summed E-state index contributed by atoms with van der Waals surface area (Å²) in [5.41, 5.74) is -0.472. The van der Waals surface area contributed by atoms with Gasteiger partial charge in [-0.25, -0.2) is 4.39 Å². The van der Waals surface area contributed by atoms with Gasteiger partial charge in [0, 0.05) is 25.0 Å². The molecule has 0 aliphatic carbocycles. The van der Waals surface area contributed by atoms with Crippen molar-refractivity contribution >= 4 is 11.6 Å². The van der Waals surface area contributed by atoms with Gasteiger partial charge in [0.1, 0.15) is 12.4 Å². The average Bonchev–Trinajstić information content (AvgIpc) is 3.21. The van der Waals surface area contributed by atoms with Gasteiger partial charge in [0.2, 0.25) is 0 Å². The number of rotatable bonds is 5. The molecule has 6 nitrogen and oxygen atoms in total. The van der Waals surface area contributed by atoms with Crippen LogP contribution in [0, 0.1) is 0 Å². The number of hydrogen-bond acceptors (Lipinski definition) is 3. The molecule has 1 aromatic carbocycles. The molecule has 0 radical (unpaired) electrons. The lowest BCUT2D eigenvalue weighted by Gasteiger charge is -2.12. The summed E-state index contributed by atoms with van der Waals surface area (Å²) in [5, 5.41) is 10.7. The fourth-order valence-electron chi connectivity index (χ4n) is 2.61. The normalized spacial score (nSPS) is 11.6. The number of carbonyl (C=O) groups excluding carboxylic acids is 1. The maximum atomic E-state index is 13.1. The molecule has 142 valence electrons. The van der Waals surface area contributed by atoms with Crippen molar-refractivity contribution in [1.29, 1.82) is 0 Å². The Labute approximate surface area is 151 Å². The highest BCUT2D eigenvalue weighted by Gasteiger charge is 2.35. The Morgan fingerprint density at radius 1 is 1.22 bits per heavy atom. The minimum absolute atomic E-state index is 0.0630. The van der Waals surface area contributed by atoms with Gasteiger partial charge in [-0.3, -0.25) is 14.2 Å². The lowest BCUT2D eigenvalue weighted by molar-refractivity contribution is -0.137. The van der Waals surface area contributed by atoms with Crippen LogP contribution in [0.2, 0.25) is 0 Å². The van der Waals surface area contributed by atoms with Crippen molar-refractivity contribution in [2.24, 2.45) is 7.05 Å². The number of nitrogens with one attached hydrogen (secondary N) is 1. The van der Waals surface area contributed by atoms with Crippen LogP contribution in [0.3, 0.4) is 0 Å². The number of aryl methyl sites for hydroxylation is 2. The van der Waals surface area contributed by atoms with Gasteiger partial charge >= 0.3 is 6.18 Å². The van der Waals surface area contributed by atoms with E-state index >= 15 is 0 Å². The predicted molar refractivity (Wildman–Crippen MR) is 89.8 cm³/mol. The molecule has 0 atom stereocenters. The highest BCUT2D eigenvalue weighted by atomic mass is 19.4. The van der Waals surface area contributed by atoms with E-state index in [1.807, 2.05) is 0 Å². The van der Waals surface area contributed by atoms with Crippen LogP contribution in [0.1, 0.15) is 15.9 Å². The van der Waals surface area contributed by atoms with Crippen LogP contribution in [0.15, 0.2) is 42.9 Å². The summed E-state index contributed by atoms with van der Waals surface area (Å²) < 4.78 is 54.6. The van der Waals surface area contributed by atoms with Gasteiger partial charge in [-0.05, 0) is 12.1 Å². The summed E-state index contributed by atoms with van der Waals surface area (Å²) in [6.07, 6.45) is -0.201. The fourth-order valence-corrected chi connectivity index (χ4v) is 2.61. The van der Waals surface area contributed by atoms with Gasteiger partial charge in [0.15, 0.2) is 0 Å². The number of hydrogen-bond donors (Lipinski definition) is 1. The van der Waals surface area contributed by atoms with Crippen LogP contribution in [0.25, 0.3) is 11.3 Å². The molecule has 10 heteroatoms. The summed E-state index contributed by atoms with van der Waals surface area (Å²) in [4.78, 5) is 12.5. The first-order valence-corrected chi connectivity index (χ1v) is 7.89. The number of aromatic nitrogens is 4. The van der Waals surface area contributed by atoms with Crippen molar-refractivity contribution < 1.29 is 22.4 Å². The standard InChI is InChI=1S/C17H15F4N5O/c1-25-10-14(15(24-25)11-8-22-26(9-11)7-6-18)23-16(27)12-4-2-3-5-13(12)17(19,20)21/h2-5,8-10H,6-7H2,1H3,(H,23,27). The molecule has 2 aromatic heterocycles. The zero-order valence-electron chi connectivity index (χ0n) is 14.2. The molecule has 0 saturated heterocycles. The lowest BCUT2D eigenvalue weighted by atomic mass is 10.1. The van der Waals surface area contributed by atoms with Gasteiger partial charge in [0.25, 0.3) is 5.91 Å². The van der Waals surface area contributed by atoms with Crippen LogP contribution < -0.4 is 5.32 Å². The summed E-state index contributed by atoms with van der Waals surface area (Å²) in [5.74, 6) is -0.909. The number of halogens is 4. The van der Waals surface area contributed by atoms with Crippen molar-refractivity contribution in [1.82, 2.24) is 19.6 Å². The molecule has 0 aliphatic heterocycles. The van der Waals surface area contributed by atoms with Gasteiger partial charge in [-0.1, -0.05) is 12.1 Å². The second-order valence-corrected chi connectivity index (χ2v) is 5.74. The molecule has 3 rings (SSSR count). The molecule has 1 amide bonds. The molecule has 0 bridgehead atoms. The molecule has 2 heterocycles. The minimum atomic E-state index is -4.65. The minimum Gasteiger partial charge on any atom is -0.319 e. The molecule has 1 N–H and O–H groups in total. The summed E-state index contributed by atoms with van der Waals surface area (Å²) in [6, 6.07) is 4.53. The van der Waals surface area contributed by atoms with E-state index in [0.717, 1.165) is 12.1 Å². The summed E-state index contributed by atoms with van der Waals surface area (Å²) >= 11 is 0. The van der Waals surface area contributed by atoms with E-state index in [9.17, 15) is 22.4 Å². The molecule has 27 heavy (non-hydrogen) atoms. The number of anilines is 1. The van der Waals surface area contributed by atoms with Gasteiger partial charge in [-0.2, -0.15) is 23.4 Å². The Morgan fingerprint density at radius 2 is 1.96 bits per heavy atom. The van der Waals surface area contributed by atoms with Crippen molar-refractivity contribution in [2.75, 3.05) is 12.0 Å². The van der Waals surface area contributed by atoms with Crippen molar-refractivity contribution in [3.63, 3.8) is 0 Å². The summed E-state index contributed by atoms with van der Waals surface area (Å²) in [7, 11) is 1.61. The SMILES string of the molecule is Cn1cc(NC(=O)c2ccccc2C(F)(F)F)c(-c2cnn(CCF)c2)n1. The van der Waals surface area contributed by atoms with Crippen molar-refractivity contribution in [3.8, 4) is 11.3 Å².